The molecule has 1 fully saturated rings. The third-order valence-corrected chi connectivity index (χ3v) is 6.38. The summed E-state index contributed by atoms with van der Waals surface area (Å²) < 4.78 is 11.4. The van der Waals surface area contributed by atoms with E-state index in [2.05, 4.69) is 45.5 Å². The molecule has 0 bridgehead atoms. The molecule has 0 radical (unpaired) electrons. The summed E-state index contributed by atoms with van der Waals surface area (Å²) in [5.41, 5.74) is 4.41. The van der Waals surface area contributed by atoms with E-state index in [9.17, 15) is 4.79 Å². The van der Waals surface area contributed by atoms with Crippen molar-refractivity contribution >= 4 is 22.4 Å². The lowest BCUT2D eigenvalue weighted by Crippen LogP contribution is -2.43. The van der Waals surface area contributed by atoms with Crippen molar-refractivity contribution in [2.75, 3.05) is 31.6 Å². The van der Waals surface area contributed by atoms with E-state index < -0.39 is 0 Å². The molecule has 7 heteroatoms. The second-order valence-electron chi connectivity index (χ2n) is 7.92. The van der Waals surface area contributed by atoms with Crippen molar-refractivity contribution in [2.24, 2.45) is 0 Å². The Balaban J connectivity index is 1.15. The molecule has 1 atom stereocenters. The van der Waals surface area contributed by atoms with E-state index in [4.69, 9.17) is 9.47 Å². The summed E-state index contributed by atoms with van der Waals surface area (Å²) in [4.78, 5) is 19.5. The van der Waals surface area contributed by atoms with Gasteiger partial charge in [0.2, 0.25) is 5.91 Å². The first-order valence-electron chi connectivity index (χ1n) is 10.6. The Bertz CT molecular complexity index is 1050. The molecule has 1 saturated heterocycles. The fraction of sp³-hybridized carbons (Fsp3) is 0.333. The minimum Gasteiger partial charge on any atom is -0.493 e. The third kappa shape index (κ3) is 4.95. The Morgan fingerprint density at radius 2 is 2.10 bits per heavy atom. The Labute approximate surface area is 185 Å². The maximum Gasteiger partial charge on any atom is 0.228 e. The molecule has 1 aromatic heterocycles. The van der Waals surface area contributed by atoms with Gasteiger partial charge >= 0.3 is 0 Å². The molecular formula is C24H25N3O3S. The number of hydrogen-bond donors (Lipinski definition) is 1. The fourth-order valence-electron chi connectivity index (χ4n) is 4.08. The topological polar surface area (TPSA) is 63.7 Å². The van der Waals surface area contributed by atoms with Crippen molar-refractivity contribution in [3.8, 4) is 17.0 Å². The molecule has 2 aliphatic rings. The number of anilines is 1. The molecule has 1 N–H and O–H groups in total. The molecule has 5 rings (SSSR count). The van der Waals surface area contributed by atoms with Gasteiger partial charge in [-0.1, -0.05) is 30.3 Å². The fourth-order valence-corrected chi connectivity index (χ4v) is 4.81. The van der Waals surface area contributed by atoms with Gasteiger partial charge in [-0.25, -0.2) is 4.98 Å². The van der Waals surface area contributed by atoms with Crippen LogP contribution in [0.4, 0.5) is 5.13 Å². The van der Waals surface area contributed by atoms with E-state index in [0.717, 1.165) is 49.7 Å². The molecule has 0 spiro atoms. The summed E-state index contributed by atoms with van der Waals surface area (Å²) >= 11 is 1.44. The SMILES string of the molecule is O=C(CC1CN(Cc2ccccc2)CCO1)Nc1nc(-c2ccc3c(c2)CCO3)cs1. The van der Waals surface area contributed by atoms with E-state index in [1.54, 1.807) is 0 Å². The van der Waals surface area contributed by atoms with E-state index in [-0.39, 0.29) is 12.0 Å². The smallest absolute Gasteiger partial charge is 0.228 e. The zero-order valence-electron chi connectivity index (χ0n) is 17.3. The van der Waals surface area contributed by atoms with Gasteiger partial charge in [-0.2, -0.15) is 0 Å². The molecule has 2 aromatic carbocycles. The second kappa shape index (κ2) is 9.18. The summed E-state index contributed by atoms with van der Waals surface area (Å²) in [6.45, 7) is 3.90. The number of fused-ring (bicyclic) bond motifs is 1. The van der Waals surface area contributed by atoms with E-state index >= 15 is 0 Å². The molecule has 3 aromatic rings. The van der Waals surface area contributed by atoms with Gasteiger partial charge in [0.05, 0.1) is 31.4 Å². The number of hydrogen-bond acceptors (Lipinski definition) is 6. The third-order valence-electron chi connectivity index (χ3n) is 5.62. The van der Waals surface area contributed by atoms with Gasteiger partial charge in [0.25, 0.3) is 0 Å². The van der Waals surface area contributed by atoms with Crippen LogP contribution in [0.25, 0.3) is 11.3 Å². The highest BCUT2D eigenvalue weighted by Gasteiger charge is 2.23. The van der Waals surface area contributed by atoms with E-state index in [0.29, 0.717) is 18.2 Å². The first-order chi connectivity index (χ1) is 15.2. The van der Waals surface area contributed by atoms with Crippen LogP contribution in [-0.2, 0) is 22.5 Å². The zero-order valence-corrected chi connectivity index (χ0v) is 18.1. The van der Waals surface area contributed by atoms with Crippen molar-refractivity contribution in [3.63, 3.8) is 0 Å². The van der Waals surface area contributed by atoms with Crippen LogP contribution in [0.3, 0.4) is 0 Å². The van der Waals surface area contributed by atoms with Crippen molar-refractivity contribution in [1.82, 2.24) is 9.88 Å². The molecule has 0 aliphatic carbocycles. The van der Waals surface area contributed by atoms with Crippen LogP contribution in [0.15, 0.2) is 53.9 Å². The van der Waals surface area contributed by atoms with E-state index in [1.165, 1.54) is 22.5 Å². The minimum atomic E-state index is -0.103. The standard InChI is InChI=1S/C24H25N3O3S/c28-23(13-20-15-27(9-11-29-20)14-17-4-2-1-3-5-17)26-24-25-21(16-31-24)18-6-7-22-19(12-18)8-10-30-22/h1-7,12,16,20H,8-11,13-15H2,(H,25,26,28). The molecule has 31 heavy (non-hydrogen) atoms. The lowest BCUT2D eigenvalue weighted by molar-refractivity contribution is -0.121. The van der Waals surface area contributed by atoms with Crippen LogP contribution < -0.4 is 10.1 Å². The highest BCUT2D eigenvalue weighted by atomic mass is 32.1. The molecule has 1 amide bonds. The number of nitrogens with one attached hydrogen (secondary N) is 1. The average Bonchev–Trinajstić information content (AvgIpc) is 3.43. The summed E-state index contributed by atoms with van der Waals surface area (Å²) in [5, 5.41) is 5.54. The number of carbonyl (C=O) groups is 1. The first-order valence-corrected chi connectivity index (χ1v) is 11.5. The predicted octanol–water partition coefficient (Wildman–Crippen LogP) is 3.97. The van der Waals surface area contributed by atoms with Gasteiger partial charge in [-0.3, -0.25) is 9.69 Å². The van der Waals surface area contributed by atoms with Crippen LogP contribution in [0.5, 0.6) is 5.75 Å². The Kier molecular flexibility index (Phi) is 5.97. The van der Waals surface area contributed by atoms with Crippen LogP contribution >= 0.6 is 11.3 Å². The largest absolute Gasteiger partial charge is 0.493 e. The number of thiazole rings is 1. The molecular weight excluding hydrogens is 410 g/mol. The van der Waals surface area contributed by atoms with Crippen LogP contribution in [-0.4, -0.2) is 48.2 Å². The molecule has 2 aliphatic heterocycles. The molecule has 1 unspecified atom stereocenters. The number of ether oxygens (including phenoxy) is 2. The maximum atomic E-state index is 12.6. The zero-order chi connectivity index (χ0) is 21.0. The van der Waals surface area contributed by atoms with Gasteiger partial charge in [0, 0.05) is 37.0 Å². The Morgan fingerprint density at radius 1 is 1.19 bits per heavy atom. The number of benzene rings is 2. The molecule has 160 valence electrons. The van der Waals surface area contributed by atoms with Crippen molar-refractivity contribution in [2.45, 2.75) is 25.5 Å². The van der Waals surface area contributed by atoms with Gasteiger partial charge in [-0.15, -0.1) is 11.3 Å². The quantitative estimate of drug-likeness (QED) is 0.635. The Morgan fingerprint density at radius 3 is 3.00 bits per heavy atom. The number of carbonyl (C=O) groups excluding carboxylic acids is 1. The van der Waals surface area contributed by atoms with Crippen molar-refractivity contribution in [3.05, 3.63) is 65.0 Å². The minimum absolute atomic E-state index is 0.0604. The van der Waals surface area contributed by atoms with Crippen molar-refractivity contribution < 1.29 is 14.3 Å². The molecule has 6 nitrogen and oxygen atoms in total. The second-order valence-corrected chi connectivity index (χ2v) is 8.78. The maximum absolute atomic E-state index is 12.6. The average molecular weight is 436 g/mol. The van der Waals surface area contributed by atoms with Crippen LogP contribution in [0.2, 0.25) is 0 Å². The van der Waals surface area contributed by atoms with E-state index in [1.807, 2.05) is 23.6 Å². The monoisotopic (exact) mass is 435 g/mol. The molecule has 3 heterocycles. The van der Waals surface area contributed by atoms with Gasteiger partial charge < -0.3 is 14.8 Å². The highest BCUT2D eigenvalue weighted by molar-refractivity contribution is 7.14. The predicted molar refractivity (Wildman–Crippen MR) is 121 cm³/mol. The number of aromatic nitrogens is 1. The summed E-state index contributed by atoms with van der Waals surface area (Å²) in [6.07, 6.45) is 1.16. The van der Waals surface area contributed by atoms with Crippen LogP contribution in [0.1, 0.15) is 17.5 Å². The Hall–Kier alpha value is -2.74. The first kappa shape index (κ1) is 20.2. The number of morpholine rings is 1. The van der Waals surface area contributed by atoms with Gasteiger partial charge in [0.1, 0.15) is 5.75 Å². The summed E-state index contributed by atoms with van der Waals surface area (Å²) in [7, 11) is 0. The number of nitrogens with zero attached hydrogens (tertiary/aromatic N) is 2. The van der Waals surface area contributed by atoms with Crippen LogP contribution in [0, 0.1) is 0 Å². The normalized spacial score (nSPS) is 18.4. The van der Waals surface area contributed by atoms with Gasteiger partial charge in [0.15, 0.2) is 5.13 Å². The van der Waals surface area contributed by atoms with Gasteiger partial charge in [-0.05, 0) is 29.3 Å². The number of amides is 1. The highest BCUT2D eigenvalue weighted by Crippen LogP contribution is 2.32. The van der Waals surface area contributed by atoms with Crippen molar-refractivity contribution in [1.29, 1.82) is 0 Å². The number of rotatable bonds is 6. The molecule has 0 saturated carbocycles. The summed E-state index contributed by atoms with van der Waals surface area (Å²) in [6, 6.07) is 16.5. The lowest BCUT2D eigenvalue weighted by atomic mass is 10.1. The summed E-state index contributed by atoms with van der Waals surface area (Å²) in [5.74, 6) is 0.899. The lowest BCUT2D eigenvalue weighted by Gasteiger charge is -2.32.